The summed E-state index contributed by atoms with van der Waals surface area (Å²) in [5.74, 6) is 0.998. The molecular weight excluding hydrogens is 302 g/mol. The number of nitrogens with one attached hydrogen (secondary N) is 1. The molecule has 2 aromatic rings. The van der Waals surface area contributed by atoms with Crippen LogP contribution in [0.3, 0.4) is 0 Å². The molecule has 0 aromatic carbocycles. The fraction of sp³-hybridized carbons (Fsp3) is 0.467. The van der Waals surface area contributed by atoms with Crippen LogP contribution in [0.25, 0.3) is 0 Å². The van der Waals surface area contributed by atoms with Gasteiger partial charge < -0.3 is 9.88 Å². The van der Waals surface area contributed by atoms with Gasteiger partial charge >= 0.3 is 0 Å². The molecule has 0 aliphatic heterocycles. The first-order valence-corrected chi connectivity index (χ1v) is 9.40. The van der Waals surface area contributed by atoms with Crippen molar-refractivity contribution < 1.29 is 4.79 Å². The van der Waals surface area contributed by atoms with Crippen LogP contribution in [0.4, 0.5) is 5.13 Å². The largest absolute Gasteiger partial charge is 0.342 e. The Balaban J connectivity index is 1.71. The number of carbonyl (C=O) groups excluding carboxylic acids is 1. The van der Waals surface area contributed by atoms with E-state index in [9.17, 15) is 4.79 Å². The van der Waals surface area contributed by atoms with Gasteiger partial charge in [0.25, 0.3) is 0 Å². The predicted octanol–water partition coefficient (Wildman–Crippen LogP) is 3.37. The molecule has 0 fully saturated rings. The summed E-state index contributed by atoms with van der Waals surface area (Å²) in [7, 11) is 0. The van der Waals surface area contributed by atoms with Crippen molar-refractivity contribution in [3.63, 3.8) is 0 Å². The van der Waals surface area contributed by atoms with Crippen LogP contribution in [0, 0.1) is 0 Å². The summed E-state index contributed by atoms with van der Waals surface area (Å²) in [4.78, 5) is 18.5. The zero-order chi connectivity index (χ0) is 14.7. The summed E-state index contributed by atoms with van der Waals surface area (Å²) in [6.07, 6.45) is 10.1. The zero-order valence-electron chi connectivity index (χ0n) is 12.0. The Kier molecular flexibility index (Phi) is 4.65. The van der Waals surface area contributed by atoms with Gasteiger partial charge in [0.15, 0.2) is 5.13 Å². The molecule has 3 rings (SSSR count). The molecule has 0 bridgehead atoms. The first kappa shape index (κ1) is 14.7. The number of hydrogen-bond donors (Lipinski definition) is 1. The standard InChI is InChI=1S/C15H19N3OS2/c1-20-10-7-12(18-8-2-3-9-18)14(19)17-15-16-11-5-4-6-13(11)21-15/h2-3,8-9,12H,4-7,10H2,1H3,(H,16,17,19)/t12-/m0/s1. The maximum atomic E-state index is 12.6. The second-order valence-electron chi connectivity index (χ2n) is 5.16. The normalized spacial score (nSPS) is 14.9. The van der Waals surface area contributed by atoms with Crippen LogP contribution in [0.1, 0.15) is 29.5 Å². The maximum absolute atomic E-state index is 12.6. The van der Waals surface area contributed by atoms with E-state index in [0.29, 0.717) is 0 Å². The minimum atomic E-state index is -0.161. The van der Waals surface area contributed by atoms with E-state index in [4.69, 9.17) is 0 Å². The van der Waals surface area contributed by atoms with Gasteiger partial charge in [-0.05, 0) is 49.8 Å². The molecule has 112 valence electrons. The minimum Gasteiger partial charge on any atom is -0.342 e. The van der Waals surface area contributed by atoms with Gasteiger partial charge in [0.2, 0.25) is 5.91 Å². The molecule has 1 aliphatic carbocycles. The van der Waals surface area contributed by atoms with Crippen molar-refractivity contribution >= 4 is 34.1 Å². The van der Waals surface area contributed by atoms with Crippen molar-refractivity contribution in [1.82, 2.24) is 9.55 Å². The van der Waals surface area contributed by atoms with Gasteiger partial charge in [0.1, 0.15) is 6.04 Å². The highest BCUT2D eigenvalue weighted by atomic mass is 32.2. The first-order chi connectivity index (χ1) is 10.3. The van der Waals surface area contributed by atoms with E-state index in [1.54, 1.807) is 23.1 Å². The van der Waals surface area contributed by atoms with Crippen molar-refractivity contribution in [2.24, 2.45) is 0 Å². The van der Waals surface area contributed by atoms with Crippen molar-refractivity contribution in [3.8, 4) is 0 Å². The smallest absolute Gasteiger partial charge is 0.249 e. The van der Waals surface area contributed by atoms with Crippen LogP contribution in [-0.2, 0) is 17.6 Å². The van der Waals surface area contributed by atoms with Gasteiger partial charge in [0, 0.05) is 17.3 Å². The van der Waals surface area contributed by atoms with Gasteiger partial charge in [-0.15, -0.1) is 11.3 Å². The fourth-order valence-corrected chi connectivity index (χ4v) is 4.14. The summed E-state index contributed by atoms with van der Waals surface area (Å²) in [5, 5.41) is 3.76. The lowest BCUT2D eigenvalue weighted by Crippen LogP contribution is -2.25. The molecule has 1 atom stereocenters. The molecule has 0 unspecified atom stereocenters. The minimum absolute atomic E-state index is 0.0349. The molecule has 1 N–H and O–H groups in total. The number of amides is 1. The number of thioether (sulfide) groups is 1. The van der Waals surface area contributed by atoms with Crippen LogP contribution >= 0.6 is 23.1 Å². The van der Waals surface area contributed by atoms with E-state index < -0.39 is 0 Å². The van der Waals surface area contributed by atoms with Gasteiger partial charge in [-0.2, -0.15) is 11.8 Å². The highest BCUT2D eigenvalue weighted by molar-refractivity contribution is 7.98. The third kappa shape index (κ3) is 3.32. The highest BCUT2D eigenvalue weighted by Crippen LogP contribution is 2.31. The van der Waals surface area contributed by atoms with E-state index in [2.05, 4.69) is 16.6 Å². The molecule has 1 aliphatic rings. The summed E-state index contributed by atoms with van der Waals surface area (Å²) >= 11 is 3.40. The number of aryl methyl sites for hydroxylation is 2. The number of carbonyl (C=O) groups is 1. The van der Waals surface area contributed by atoms with Gasteiger partial charge in [0.05, 0.1) is 5.69 Å². The third-order valence-electron chi connectivity index (χ3n) is 3.71. The number of nitrogens with zero attached hydrogens (tertiary/aromatic N) is 2. The number of rotatable bonds is 6. The summed E-state index contributed by atoms with van der Waals surface area (Å²) in [6, 6.07) is 3.75. The number of anilines is 1. The molecule has 4 nitrogen and oxygen atoms in total. The van der Waals surface area contributed by atoms with Gasteiger partial charge in [-0.3, -0.25) is 4.79 Å². The molecule has 0 radical (unpaired) electrons. The molecule has 2 heterocycles. The molecule has 21 heavy (non-hydrogen) atoms. The lowest BCUT2D eigenvalue weighted by Gasteiger charge is -2.17. The van der Waals surface area contributed by atoms with Gasteiger partial charge in [-0.25, -0.2) is 4.98 Å². The number of thiazole rings is 1. The predicted molar refractivity (Wildman–Crippen MR) is 89.2 cm³/mol. The Hall–Kier alpha value is -1.27. The molecule has 0 spiro atoms. The van der Waals surface area contributed by atoms with E-state index in [-0.39, 0.29) is 11.9 Å². The Morgan fingerprint density at radius 1 is 1.48 bits per heavy atom. The quantitative estimate of drug-likeness (QED) is 0.887. The lowest BCUT2D eigenvalue weighted by molar-refractivity contribution is -0.119. The Morgan fingerprint density at radius 3 is 3.00 bits per heavy atom. The SMILES string of the molecule is CSCC[C@@H](C(=O)Nc1nc2c(s1)CCC2)n1cccc1. The van der Waals surface area contributed by atoms with E-state index >= 15 is 0 Å². The second kappa shape index (κ2) is 6.66. The highest BCUT2D eigenvalue weighted by Gasteiger charge is 2.22. The number of aromatic nitrogens is 2. The monoisotopic (exact) mass is 321 g/mol. The Bertz CT molecular complexity index is 585. The number of hydrogen-bond acceptors (Lipinski definition) is 4. The average Bonchev–Trinajstić information content (AvgIpc) is 3.15. The van der Waals surface area contributed by atoms with E-state index in [1.807, 2.05) is 29.1 Å². The molecular formula is C15H19N3OS2. The van der Waals surface area contributed by atoms with Gasteiger partial charge in [-0.1, -0.05) is 0 Å². The van der Waals surface area contributed by atoms with Crippen LogP contribution in [-0.4, -0.2) is 27.5 Å². The topological polar surface area (TPSA) is 46.9 Å². The Labute approximate surface area is 133 Å². The van der Waals surface area contributed by atoms with Crippen LogP contribution in [0.15, 0.2) is 24.5 Å². The molecule has 0 saturated carbocycles. The van der Waals surface area contributed by atoms with Crippen molar-refractivity contribution in [3.05, 3.63) is 35.1 Å². The van der Waals surface area contributed by atoms with E-state index in [0.717, 1.165) is 30.1 Å². The summed E-state index contributed by atoms with van der Waals surface area (Å²) in [6.45, 7) is 0. The molecule has 2 aromatic heterocycles. The molecule has 0 saturated heterocycles. The Morgan fingerprint density at radius 2 is 2.29 bits per heavy atom. The van der Waals surface area contributed by atoms with Crippen molar-refractivity contribution in [2.45, 2.75) is 31.7 Å². The van der Waals surface area contributed by atoms with Crippen molar-refractivity contribution in [1.29, 1.82) is 0 Å². The summed E-state index contributed by atoms with van der Waals surface area (Å²) in [5.41, 5.74) is 1.18. The molecule has 1 amide bonds. The molecule has 6 heteroatoms. The first-order valence-electron chi connectivity index (χ1n) is 7.19. The third-order valence-corrected chi connectivity index (χ3v) is 5.43. The van der Waals surface area contributed by atoms with E-state index in [1.165, 1.54) is 17.0 Å². The second-order valence-corrected chi connectivity index (χ2v) is 7.23. The van der Waals surface area contributed by atoms with Crippen LogP contribution in [0.5, 0.6) is 0 Å². The van der Waals surface area contributed by atoms with Crippen LogP contribution in [0.2, 0.25) is 0 Å². The van der Waals surface area contributed by atoms with Crippen LogP contribution < -0.4 is 5.32 Å². The zero-order valence-corrected chi connectivity index (χ0v) is 13.7. The average molecular weight is 321 g/mol. The van der Waals surface area contributed by atoms with Crippen molar-refractivity contribution in [2.75, 3.05) is 17.3 Å². The lowest BCUT2D eigenvalue weighted by atomic mass is 10.2. The number of fused-ring (bicyclic) bond motifs is 1. The fourth-order valence-electron chi connectivity index (χ4n) is 2.63. The summed E-state index contributed by atoms with van der Waals surface area (Å²) < 4.78 is 1.98. The maximum Gasteiger partial charge on any atom is 0.249 e.